The predicted molar refractivity (Wildman–Crippen MR) is 94.3 cm³/mol. The molecule has 132 valence electrons. The average Bonchev–Trinajstić information content (AvgIpc) is 3.20. The molecule has 7 heteroatoms. The molecular formula is C19H19N5O2. The first kappa shape index (κ1) is 16.4. The van der Waals surface area contributed by atoms with Crippen LogP contribution < -0.4 is 0 Å². The molecule has 1 aliphatic heterocycles. The van der Waals surface area contributed by atoms with Gasteiger partial charge in [0.05, 0.1) is 0 Å². The number of hydrogen-bond donors (Lipinski definition) is 0. The summed E-state index contributed by atoms with van der Waals surface area (Å²) in [5.74, 6) is 1.12. The third-order valence-electron chi connectivity index (χ3n) is 4.80. The van der Waals surface area contributed by atoms with Crippen LogP contribution in [0.3, 0.4) is 0 Å². The zero-order chi connectivity index (χ0) is 18.0. The number of pyridine rings is 2. The van der Waals surface area contributed by atoms with Crippen molar-refractivity contribution in [3.63, 3.8) is 0 Å². The van der Waals surface area contributed by atoms with Crippen LogP contribution >= 0.6 is 0 Å². The Morgan fingerprint density at radius 1 is 1.12 bits per heavy atom. The molecule has 1 fully saturated rings. The quantitative estimate of drug-likeness (QED) is 0.723. The van der Waals surface area contributed by atoms with Gasteiger partial charge in [0.25, 0.3) is 11.8 Å². The van der Waals surface area contributed by atoms with E-state index in [2.05, 4.69) is 27.0 Å². The molecule has 4 heterocycles. The Balaban J connectivity index is 1.56. The van der Waals surface area contributed by atoms with Gasteiger partial charge in [-0.1, -0.05) is 12.1 Å². The Kier molecular flexibility index (Phi) is 4.20. The summed E-state index contributed by atoms with van der Waals surface area (Å²) in [6.45, 7) is 3.37. The summed E-state index contributed by atoms with van der Waals surface area (Å²) in [6, 6.07) is 7.15. The second-order valence-electron chi connectivity index (χ2n) is 6.79. The van der Waals surface area contributed by atoms with Crippen LogP contribution in [0.4, 0.5) is 0 Å². The van der Waals surface area contributed by atoms with E-state index >= 15 is 0 Å². The van der Waals surface area contributed by atoms with Crippen molar-refractivity contribution < 1.29 is 9.32 Å². The highest BCUT2D eigenvalue weighted by atomic mass is 16.5. The lowest BCUT2D eigenvalue weighted by Crippen LogP contribution is -2.47. The van der Waals surface area contributed by atoms with Gasteiger partial charge in [0, 0.05) is 54.4 Å². The normalized spacial score (nSPS) is 20.1. The topological polar surface area (TPSA) is 85.0 Å². The summed E-state index contributed by atoms with van der Waals surface area (Å²) in [6.07, 6.45) is 8.45. The lowest BCUT2D eigenvalue weighted by atomic mass is 9.81. The van der Waals surface area contributed by atoms with E-state index in [9.17, 15) is 4.79 Å². The first-order valence-corrected chi connectivity index (χ1v) is 8.60. The maximum atomic E-state index is 12.8. The lowest BCUT2D eigenvalue weighted by molar-refractivity contribution is 0.0642. The van der Waals surface area contributed by atoms with Crippen molar-refractivity contribution in [3.8, 4) is 11.5 Å². The van der Waals surface area contributed by atoms with Gasteiger partial charge in [-0.3, -0.25) is 14.8 Å². The van der Waals surface area contributed by atoms with Crippen LogP contribution in [0.5, 0.6) is 0 Å². The lowest BCUT2D eigenvalue weighted by Gasteiger charge is -2.38. The Hall–Kier alpha value is -3.09. The maximum Gasteiger partial charge on any atom is 0.258 e. The number of amides is 1. The fraction of sp³-hybridized carbons (Fsp3) is 0.316. The van der Waals surface area contributed by atoms with E-state index in [1.54, 1.807) is 36.9 Å². The van der Waals surface area contributed by atoms with Gasteiger partial charge in [-0.2, -0.15) is 4.98 Å². The van der Waals surface area contributed by atoms with Crippen molar-refractivity contribution in [1.29, 1.82) is 0 Å². The molecule has 26 heavy (non-hydrogen) atoms. The summed E-state index contributed by atoms with van der Waals surface area (Å²) < 4.78 is 5.45. The molecule has 7 nitrogen and oxygen atoms in total. The smallest absolute Gasteiger partial charge is 0.258 e. The van der Waals surface area contributed by atoms with E-state index in [-0.39, 0.29) is 11.3 Å². The summed E-state index contributed by atoms with van der Waals surface area (Å²) >= 11 is 0. The number of carbonyl (C=O) groups excluding carboxylic acids is 1. The van der Waals surface area contributed by atoms with E-state index < -0.39 is 0 Å². The standard InChI is InChI=1S/C19H19N5O2/c1-19(18-22-16(26-23-18)14-3-8-20-9-4-14)7-2-12-24(13-19)17(25)15-5-10-21-11-6-15/h3-6,8-11H,2,7,12-13H2,1H3. The Morgan fingerprint density at radius 3 is 2.54 bits per heavy atom. The Bertz CT molecular complexity index is 897. The number of likely N-dealkylation sites (tertiary alicyclic amines) is 1. The number of nitrogens with zero attached hydrogens (tertiary/aromatic N) is 5. The molecule has 1 unspecified atom stereocenters. The van der Waals surface area contributed by atoms with Crippen LogP contribution in [-0.2, 0) is 5.41 Å². The fourth-order valence-corrected chi connectivity index (χ4v) is 3.35. The van der Waals surface area contributed by atoms with Crippen LogP contribution in [0.25, 0.3) is 11.5 Å². The monoisotopic (exact) mass is 349 g/mol. The second-order valence-corrected chi connectivity index (χ2v) is 6.79. The zero-order valence-corrected chi connectivity index (χ0v) is 14.5. The Labute approximate surface area is 151 Å². The van der Waals surface area contributed by atoms with Gasteiger partial charge in [-0.05, 0) is 37.1 Å². The molecule has 3 aromatic heterocycles. The van der Waals surface area contributed by atoms with Gasteiger partial charge < -0.3 is 9.42 Å². The largest absolute Gasteiger partial charge is 0.338 e. The maximum absolute atomic E-state index is 12.8. The average molecular weight is 349 g/mol. The minimum Gasteiger partial charge on any atom is -0.338 e. The van der Waals surface area contributed by atoms with Crippen molar-refractivity contribution in [2.75, 3.05) is 13.1 Å². The highest BCUT2D eigenvalue weighted by Crippen LogP contribution is 2.33. The molecule has 0 spiro atoms. The Morgan fingerprint density at radius 2 is 1.81 bits per heavy atom. The molecule has 0 radical (unpaired) electrons. The minimum atomic E-state index is -0.338. The molecule has 0 saturated carbocycles. The number of rotatable bonds is 3. The predicted octanol–water partition coefficient (Wildman–Crippen LogP) is 2.72. The van der Waals surface area contributed by atoms with Gasteiger partial charge in [0.15, 0.2) is 5.82 Å². The molecule has 1 amide bonds. The summed E-state index contributed by atoms with van der Waals surface area (Å²) in [4.78, 5) is 27.2. The van der Waals surface area contributed by atoms with Gasteiger partial charge in [0.1, 0.15) is 0 Å². The van der Waals surface area contributed by atoms with E-state index in [1.165, 1.54) is 0 Å². The van der Waals surface area contributed by atoms with Gasteiger partial charge in [-0.15, -0.1) is 0 Å². The minimum absolute atomic E-state index is 0.0103. The first-order valence-electron chi connectivity index (χ1n) is 8.60. The van der Waals surface area contributed by atoms with Gasteiger partial charge in [-0.25, -0.2) is 0 Å². The molecule has 0 aliphatic carbocycles. The van der Waals surface area contributed by atoms with Crippen LogP contribution in [0, 0.1) is 0 Å². The first-order chi connectivity index (χ1) is 12.7. The van der Waals surface area contributed by atoms with E-state index in [0.29, 0.717) is 23.8 Å². The third-order valence-corrected chi connectivity index (χ3v) is 4.80. The second kappa shape index (κ2) is 6.67. The van der Waals surface area contributed by atoms with Crippen molar-refractivity contribution in [3.05, 3.63) is 60.4 Å². The molecule has 0 N–H and O–H groups in total. The van der Waals surface area contributed by atoms with Crippen molar-refractivity contribution >= 4 is 5.91 Å². The van der Waals surface area contributed by atoms with Gasteiger partial charge in [0.2, 0.25) is 0 Å². The molecule has 4 rings (SSSR count). The van der Waals surface area contributed by atoms with Crippen molar-refractivity contribution in [2.45, 2.75) is 25.2 Å². The SMILES string of the molecule is CC1(c2noc(-c3ccncc3)n2)CCCN(C(=O)c2ccncc2)C1. The summed E-state index contributed by atoms with van der Waals surface area (Å²) in [5.41, 5.74) is 1.15. The van der Waals surface area contributed by atoms with Crippen LogP contribution in [-0.4, -0.2) is 44.0 Å². The number of piperidine rings is 1. The molecule has 1 atom stereocenters. The van der Waals surface area contributed by atoms with Crippen molar-refractivity contribution in [2.24, 2.45) is 0 Å². The molecule has 0 bridgehead atoms. The molecule has 1 saturated heterocycles. The number of aromatic nitrogens is 4. The van der Waals surface area contributed by atoms with Crippen LogP contribution in [0.2, 0.25) is 0 Å². The highest BCUT2D eigenvalue weighted by molar-refractivity contribution is 5.94. The van der Waals surface area contributed by atoms with E-state index in [0.717, 1.165) is 24.9 Å². The molecule has 1 aliphatic rings. The van der Waals surface area contributed by atoms with Gasteiger partial charge >= 0.3 is 0 Å². The van der Waals surface area contributed by atoms with Crippen LogP contribution in [0.1, 0.15) is 35.9 Å². The van der Waals surface area contributed by atoms with E-state index in [1.807, 2.05) is 17.0 Å². The summed E-state index contributed by atoms with van der Waals surface area (Å²) in [7, 11) is 0. The summed E-state index contributed by atoms with van der Waals surface area (Å²) in [5, 5.41) is 4.20. The molecule has 3 aromatic rings. The highest BCUT2D eigenvalue weighted by Gasteiger charge is 2.38. The van der Waals surface area contributed by atoms with E-state index in [4.69, 9.17) is 4.52 Å². The van der Waals surface area contributed by atoms with Crippen molar-refractivity contribution in [1.82, 2.24) is 25.0 Å². The molecular weight excluding hydrogens is 330 g/mol. The number of carbonyl (C=O) groups is 1. The fourth-order valence-electron chi connectivity index (χ4n) is 3.35. The number of hydrogen-bond acceptors (Lipinski definition) is 6. The molecule has 0 aromatic carbocycles. The third kappa shape index (κ3) is 3.08. The van der Waals surface area contributed by atoms with Crippen LogP contribution in [0.15, 0.2) is 53.6 Å². The zero-order valence-electron chi connectivity index (χ0n) is 14.5.